The number of aryl methyl sites for hydroxylation is 2. The summed E-state index contributed by atoms with van der Waals surface area (Å²) in [6, 6.07) is 13.5. The van der Waals surface area contributed by atoms with Crippen molar-refractivity contribution >= 4 is 40.2 Å². The predicted octanol–water partition coefficient (Wildman–Crippen LogP) is 4.94. The molecule has 2 aromatic carbocycles. The van der Waals surface area contributed by atoms with Crippen molar-refractivity contribution in [2.24, 2.45) is 0 Å². The number of rotatable bonds is 5. The van der Waals surface area contributed by atoms with Crippen molar-refractivity contribution < 1.29 is 14.3 Å². The van der Waals surface area contributed by atoms with E-state index in [1.807, 2.05) is 55.6 Å². The van der Waals surface area contributed by atoms with Crippen LogP contribution in [0.5, 0.6) is 0 Å². The Hall–Kier alpha value is -2.86. The van der Waals surface area contributed by atoms with E-state index in [4.69, 9.17) is 9.72 Å². The minimum Gasteiger partial charge on any atom is -0.452 e. The van der Waals surface area contributed by atoms with Crippen molar-refractivity contribution in [3.8, 4) is 0 Å². The minimum atomic E-state index is -0.459. The van der Waals surface area contributed by atoms with E-state index in [1.54, 1.807) is 11.8 Å². The SMILES string of the molecule is CSc1ccc(NC(=O)COC(=O)c2c3c(nc4ccc(C)cc24)CCCC3)cc1. The van der Waals surface area contributed by atoms with Crippen molar-refractivity contribution in [3.05, 3.63) is 64.8 Å². The van der Waals surface area contributed by atoms with Crippen LogP contribution in [0.2, 0.25) is 0 Å². The van der Waals surface area contributed by atoms with E-state index >= 15 is 0 Å². The van der Waals surface area contributed by atoms with Crippen molar-refractivity contribution in [2.45, 2.75) is 37.5 Å². The Balaban J connectivity index is 1.54. The maximum atomic E-state index is 13.0. The van der Waals surface area contributed by atoms with Crippen LogP contribution in [0, 0.1) is 6.92 Å². The Kier molecular flexibility index (Phi) is 6.04. The number of carbonyl (C=O) groups excluding carboxylic acids is 2. The summed E-state index contributed by atoms with van der Waals surface area (Å²) in [6.07, 6.45) is 5.77. The minimum absolute atomic E-state index is 0.326. The molecule has 1 aromatic heterocycles. The van der Waals surface area contributed by atoms with Crippen molar-refractivity contribution in [1.29, 1.82) is 0 Å². The smallest absolute Gasteiger partial charge is 0.339 e. The molecule has 6 heteroatoms. The van der Waals surface area contributed by atoms with Crippen LogP contribution < -0.4 is 5.32 Å². The Morgan fingerprint density at radius 1 is 1.10 bits per heavy atom. The number of ether oxygens (including phenoxy) is 1. The van der Waals surface area contributed by atoms with Gasteiger partial charge in [-0.05, 0) is 80.8 Å². The average molecular weight is 421 g/mol. The summed E-state index contributed by atoms with van der Waals surface area (Å²) in [4.78, 5) is 31.2. The largest absolute Gasteiger partial charge is 0.452 e. The zero-order valence-electron chi connectivity index (χ0n) is 17.2. The number of aromatic nitrogens is 1. The summed E-state index contributed by atoms with van der Waals surface area (Å²) in [6.45, 7) is 1.66. The zero-order chi connectivity index (χ0) is 21.1. The third kappa shape index (κ3) is 4.33. The van der Waals surface area contributed by atoms with Gasteiger partial charge in [0.25, 0.3) is 5.91 Å². The summed E-state index contributed by atoms with van der Waals surface area (Å²) >= 11 is 1.63. The first kappa shape index (κ1) is 20.4. The van der Waals surface area contributed by atoms with Crippen LogP contribution >= 0.6 is 11.8 Å². The normalized spacial score (nSPS) is 13.0. The zero-order valence-corrected chi connectivity index (χ0v) is 18.0. The molecule has 30 heavy (non-hydrogen) atoms. The van der Waals surface area contributed by atoms with Crippen LogP contribution in [0.4, 0.5) is 5.69 Å². The molecule has 4 rings (SSSR count). The lowest BCUT2D eigenvalue weighted by molar-refractivity contribution is -0.119. The molecule has 0 fully saturated rings. The molecule has 1 aliphatic carbocycles. The van der Waals surface area contributed by atoms with Crippen molar-refractivity contribution in [2.75, 3.05) is 18.2 Å². The quantitative estimate of drug-likeness (QED) is 0.468. The molecular formula is C24H24N2O3S. The van der Waals surface area contributed by atoms with Gasteiger partial charge in [0.2, 0.25) is 0 Å². The van der Waals surface area contributed by atoms with Crippen molar-refractivity contribution in [1.82, 2.24) is 4.98 Å². The first-order chi connectivity index (χ1) is 14.5. The van der Waals surface area contributed by atoms with E-state index < -0.39 is 5.97 Å². The van der Waals surface area contributed by atoms with Gasteiger partial charge in [0.15, 0.2) is 6.61 Å². The Labute approximate surface area is 180 Å². The van der Waals surface area contributed by atoms with Gasteiger partial charge in [-0.1, -0.05) is 11.6 Å². The number of nitrogens with zero attached hydrogens (tertiary/aromatic N) is 1. The second-order valence-corrected chi connectivity index (χ2v) is 8.37. The number of esters is 1. The lowest BCUT2D eigenvalue weighted by Gasteiger charge is -2.20. The average Bonchev–Trinajstić information content (AvgIpc) is 2.76. The highest BCUT2D eigenvalue weighted by atomic mass is 32.2. The highest BCUT2D eigenvalue weighted by molar-refractivity contribution is 7.98. The molecule has 1 heterocycles. The number of carbonyl (C=O) groups is 2. The number of nitrogens with one attached hydrogen (secondary N) is 1. The molecule has 0 saturated heterocycles. The number of thioether (sulfide) groups is 1. The molecule has 0 bridgehead atoms. The van der Waals surface area contributed by atoms with Crippen molar-refractivity contribution in [3.63, 3.8) is 0 Å². The molecule has 0 unspecified atom stereocenters. The summed E-state index contributed by atoms with van der Waals surface area (Å²) in [5.41, 5.74) is 5.04. The number of anilines is 1. The molecule has 0 aliphatic heterocycles. The number of hydrogen-bond donors (Lipinski definition) is 1. The van der Waals surface area contributed by atoms with Crippen LogP contribution in [0.1, 0.15) is 40.0 Å². The monoisotopic (exact) mass is 420 g/mol. The van der Waals surface area contributed by atoms with Crippen LogP contribution in [0.25, 0.3) is 10.9 Å². The maximum Gasteiger partial charge on any atom is 0.339 e. The van der Waals surface area contributed by atoms with E-state index in [1.165, 1.54) is 0 Å². The van der Waals surface area contributed by atoms with Gasteiger partial charge in [0.1, 0.15) is 0 Å². The number of pyridine rings is 1. The molecule has 154 valence electrons. The van der Waals surface area contributed by atoms with Gasteiger partial charge in [0.05, 0.1) is 11.1 Å². The third-order valence-corrected chi connectivity index (χ3v) is 6.07. The van der Waals surface area contributed by atoms with Gasteiger partial charge < -0.3 is 10.1 Å². The number of amides is 1. The fourth-order valence-corrected chi connectivity index (χ4v) is 4.25. The molecule has 1 aliphatic rings. The van der Waals surface area contributed by atoms with Crippen LogP contribution in [0.15, 0.2) is 47.4 Å². The molecular weight excluding hydrogens is 396 g/mol. The van der Waals surface area contributed by atoms with Gasteiger partial charge in [-0.3, -0.25) is 9.78 Å². The summed E-state index contributed by atoms with van der Waals surface area (Å²) in [5.74, 6) is -0.817. The van der Waals surface area contributed by atoms with Gasteiger partial charge in [-0.2, -0.15) is 0 Å². The Bertz CT molecular complexity index is 1110. The molecule has 5 nitrogen and oxygen atoms in total. The second-order valence-electron chi connectivity index (χ2n) is 7.49. The van der Waals surface area contributed by atoms with E-state index in [0.717, 1.165) is 58.3 Å². The van der Waals surface area contributed by atoms with Crippen LogP contribution in [-0.2, 0) is 22.4 Å². The second kappa shape index (κ2) is 8.88. The Morgan fingerprint density at radius 2 is 1.87 bits per heavy atom. The molecule has 0 radical (unpaired) electrons. The molecule has 1 N–H and O–H groups in total. The van der Waals surface area contributed by atoms with E-state index in [0.29, 0.717) is 11.3 Å². The molecule has 1 amide bonds. The maximum absolute atomic E-state index is 13.0. The van der Waals surface area contributed by atoms with Gasteiger partial charge in [-0.25, -0.2) is 4.79 Å². The third-order valence-electron chi connectivity index (χ3n) is 5.33. The summed E-state index contributed by atoms with van der Waals surface area (Å²) in [5, 5.41) is 3.57. The standard InChI is InChI=1S/C24H24N2O3S/c1-15-7-12-21-19(13-15)23(18-5-3-4-6-20(18)26-21)24(28)29-14-22(27)25-16-8-10-17(30-2)11-9-16/h7-13H,3-6,14H2,1-2H3,(H,25,27). The number of hydrogen-bond acceptors (Lipinski definition) is 5. The number of benzene rings is 2. The Morgan fingerprint density at radius 3 is 2.63 bits per heavy atom. The molecule has 0 spiro atoms. The van der Waals surface area contributed by atoms with Crippen LogP contribution in [0.3, 0.4) is 0 Å². The summed E-state index contributed by atoms with van der Waals surface area (Å²) in [7, 11) is 0. The first-order valence-corrected chi connectivity index (χ1v) is 11.3. The van der Waals surface area contributed by atoms with Gasteiger partial charge in [-0.15, -0.1) is 11.8 Å². The fourth-order valence-electron chi connectivity index (χ4n) is 3.85. The molecule has 0 atom stereocenters. The van der Waals surface area contributed by atoms with Gasteiger partial charge >= 0.3 is 5.97 Å². The lowest BCUT2D eigenvalue weighted by atomic mass is 9.89. The van der Waals surface area contributed by atoms with E-state index in [-0.39, 0.29) is 12.5 Å². The fraction of sp³-hybridized carbons (Fsp3) is 0.292. The highest BCUT2D eigenvalue weighted by Gasteiger charge is 2.24. The molecule has 3 aromatic rings. The first-order valence-electron chi connectivity index (χ1n) is 10.1. The topological polar surface area (TPSA) is 68.3 Å². The van der Waals surface area contributed by atoms with E-state index in [9.17, 15) is 9.59 Å². The number of fused-ring (bicyclic) bond motifs is 2. The molecule has 0 saturated carbocycles. The van der Waals surface area contributed by atoms with Gasteiger partial charge in [0, 0.05) is 21.7 Å². The predicted molar refractivity (Wildman–Crippen MR) is 120 cm³/mol. The lowest BCUT2D eigenvalue weighted by Crippen LogP contribution is -2.22. The van der Waals surface area contributed by atoms with E-state index in [2.05, 4.69) is 5.32 Å². The highest BCUT2D eigenvalue weighted by Crippen LogP contribution is 2.30. The summed E-state index contributed by atoms with van der Waals surface area (Å²) < 4.78 is 5.44. The van der Waals surface area contributed by atoms with Crippen LogP contribution in [-0.4, -0.2) is 29.7 Å².